The Morgan fingerprint density at radius 1 is 1.11 bits per heavy atom. The number of aromatic nitrogens is 2. The first-order valence-electron chi connectivity index (χ1n) is 8.85. The van der Waals surface area contributed by atoms with Gasteiger partial charge in [-0.05, 0) is 37.1 Å². The lowest BCUT2D eigenvalue weighted by molar-refractivity contribution is -0.120. The van der Waals surface area contributed by atoms with Crippen molar-refractivity contribution in [1.29, 1.82) is 0 Å². The van der Waals surface area contributed by atoms with Crippen LogP contribution in [-0.4, -0.2) is 21.4 Å². The molecule has 2 atom stereocenters. The van der Waals surface area contributed by atoms with Crippen molar-refractivity contribution in [3.63, 3.8) is 0 Å². The molecule has 3 aromatic rings. The minimum atomic E-state index is -0.321. The summed E-state index contributed by atoms with van der Waals surface area (Å²) in [5, 5.41) is 14.9. The second kappa shape index (κ2) is 9.66. The van der Waals surface area contributed by atoms with E-state index >= 15 is 0 Å². The zero-order chi connectivity index (χ0) is 19.9. The van der Waals surface area contributed by atoms with Crippen molar-refractivity contribution in [1.82, 2.24) is 15.5 Å². The summed E-state index contributed by atoms with van der Waals surface area (Å²) < 4.78 is 13.8. The predicted molar refractivity (Wildman–Crippen MR) is 112 cm³/mol. The summed E-state index contributed by atoms with van der Waals surface area (Å²) >= 11 is 2.79. The van der Waals surface area contributed by atoms with Gasteiger partial charge in [0.05, 0.1) is 11.3 Å². The molecule has 3 rings (SSSR count). The van der Waals surface area contributed by atoms with Gasteiger partial charge < -0.3 is 10.6 Å². The number of amides is 1. The number of anilines is 1. The molecule has 0 aliphatic rings. The molecule has 0 spiro atoms. The van der Waals surface area contributed by atoms with Gasteiger partial charge in [-0.1, -0.05) is 65.6 Å². The Kier molecular flexibility index (Phi) is 7.00. The van der Waals surface area contributed by atoms with Gasteiger partial charge in [-0.3, -0.25) is 4.79 Å². The number of carbonyl (C=O) groups is 1. The number of nitrogens with one attached hydrogen (secondary N) is 2. The molecule has 8 heteroatoms. The van der Waals surface area contributed by atoms with Gasteiger partial charge in [0.15, 0.2) is 4.34 Å². The maximum atomic E-state index is 13.0. The van der Waals surface area contributed by atoms with E-state index in [1.165, 1.54) is 35.2 Å². The van der Waals surface area contributed by atoms with E-state index in [0.717, 1.165) is 20.6 Å². The minimum absolute atomic E-state index is 0.101. The second-order valence-electron chi connectivity index (χ2n) is 6.25. The number of benzene rings is 2. The summed E-state index contributed by atoms with van der Waals surface area (Å²) in [6, 6.07) is 16.0. The number of hydrogen-bond donors (Lipinski definition) is 2. The molecule has 2 N–H and O–H groups in total. The highest BCUT2D eigenvalue weighted by atomic mass is 32.2. The normalized spacial score (nSPS) is 13.0. The molecule has 0 aliphatic carbocycles. The molecule has 0 saturated heterocycles. The Morgan fingerprint density at radius 3 is 2.54 bits per heavy atom. The van der Waals surface area contributed by atoms with Crippen LogP contribution in [0.2, 0.25) is 0 Å². The Balaban J connectivity index is 1.49. The Hall–Kier alpha value is -2.45. The lowest BCUT2D eigenvalue weighted by Crippen LogP contribution is -2.33. The summed E-state index contributed by atoms with van der Waals surface area (Å²) in [5.41, 5.74) is 2.02. The highest BCUT2D eigenvalue weighted by molar-refractivity contribution is 8.02. The molecule has 1 aromatic heterocycles. The van der Waals surface area contributed by atoms with Crippen LogP contribution >= 0.6 is 23.1 Å². The van der Waals surface area contributed by atoms with E-state index in [0.29, 0.717) is 6.54 Å². The highest BCUT2D eigenvalue weighted by Gasteiger charge is 2.19. The van der Waals surface area contributed by atoms with Crippen LogP contribution in [0, 0.1) is 5.82 Å². The van der Waals surface area contributed by atoms with Crippen LogP contribution in [0.25, 0.3) is 0 Å². The fourth-order valence-electron chi connectivity index (χ4n) is 2.47. The summed E-state index contributed by atoms with van der Waals surface area (Å²) in [6.07, 6.45) is 0. The Morgan fingerprint density at radius 2 is 1.82 bits per heavy atom. The third-order valence-corrected chi connectivity index (χ3v) is 6.13. The minimum Gasteiger partial charge on any atom is -0.356 e. The Bertz CT molecular complexity index is 902. The van der Waals surface area contributed by atoms with Crippen molar-refractivity contribution in [2.24, 2.45) is 0 Å². The van der Waals surface area contributed by atoms with Gasteiger partial charge in [-0.25, -0.2) is 4.39 Å². The quantitative estimate of drug-likeness (QED) is 0.524. The van der Waals surface area contributed by atoms with E-state index in [1.807, 2.05) is 44.2 Å². The Labute approximate surface area is 171 Å². The van der Waals surface area contributed by atoms with Crippen molar-refractivity contribution in [2.45, 2.75) is 36.0 Å². The molecule has 0 bridgehead atoms. The third kappa shape index (κ3) is 5.77. The van der Waals surface area contributed by atoms with Crippen LogP contribution in [0.15, 0.2) is 58.9 Å². The van der Waals surface area contributed by atoms with Gasteiger partial charge in [0, 0.05) is 6.54 Å². The van der Waals surface area contributed by atoms with Crippen LogP contribution in [-0.2, 0) is 11.3 Å². The lowest BCUT2D eigenvalue weighted by Gasteiger charge is -2.17. The van der Waals surface area contributed by atoms with Gasteiger partial charge in [0.25, 0.3) is 0 Å². The van der Waals surface area contributed by atoms with Gasteiger partial charge in [0.1, 0.15) is 5.82 Å². The second-order valence-corrected chi connectivity index (χ2v) is 8.82. The monoisotopic (exact) mass is 416 g/mol. The number of hydrogen-bond acceptors (Lipinski definition) is 6. The fraction of sp³-hybridized carbons (Fsp3) is 0.250. The first-order valence-corrected chi connectivity index (χ1v) is 10.5. The van der Waals surface area contributed by atoms with E-state index < -0.39 is 0 Å². The van der Waals surface area contributed by atoms with E-state index in [4.69, 9.17) is 0 Å². The zero-order valence-electron chi connectivity index (χ0n) is 15.6. The maximum absolute atomic E-state index is 13.0. The first kappa shape index (κ1) is 20.3. The average molecular weight is 417 g/mol. The third-order valence-electron chi connectivity index (χ3n) is 4.07. The molecule has 0 aliphatic heterocycles. The van der Waals surface area contributed by atoms with E-state index in [1.54, 1.807) is 12.1 Å². The van der Waals surface area contributed by atoms with Gasteiger partial charge in [-0.15, -0.1) is 10.2 Å². The molecule has 2 aromatic carbocycles. The summed E-state index contributed by atoms with van der Waals surface area (Å²) in [7, 11) is 0. The van der Waals surface area contributed by atoms with Crippen LogP contribution in [0.3, 0.4) is 0 Å². The molecule has 0 fully saturated rings. The van der Waals surface area contributed by atoms with E-state index in [2.05, 4.69) is 20.8 Å². The highest BCUT2D eigenvalue weighted by Crippen LogP contribution is 2.29. The van der Waals surface area contributed by atoms with Crippen LogP contribution < -0.4 is 10.6 Å². The summed E-state index contributed by atoms with van der Waals surface area (Å²) in [4.78, 5) is 12.5. The molecule has 0 unspecified atom stereocenters. The molecular weight excluding hydrogens is 395 g/mol. The van der Waals surface area contributed by atoms with Crippen LogP contribution in [0.5, 0.6) is 0 Å². The SMILES string of the molecule is C[C@H](NC(=O)[C@@H](C)Sc1nnc(NCc2ccccc2)s1)c1ccc(F)cc1. The standard InChI is InChI=1S/C20H21FN4OS2/c1-13(16-8-10-17(21)11-9-16)23-18(26)14(2)27-20-25-24-19(28-20)22-12-15-6-4-3-5-7-15/h3-11,13-14H,12H2,1-2H3,(H,22,24)(H,23,26)/t13-,14+/m0/s1. The van der Waals surface area contributed by atoms with Crippen molar-refractivity contribution in [3.8, 4) is 0 Å². The number of halogens is 1. The maximum Gasteiger partial charge on any atom is 0.233 e. The summed E-state index contributed by atoms with van der Waals surface area (Å²) in [5.74, 6) is -0.394. The van der Waals surface area contributed by atoms with Gasteiger partial charge >= 0.3 is 0 Å². The van der Waals surface area contributed by atoms with Crippen molar-refractivity contribution in [2.75, 3.05) is 5.32 Å². The number of thioether (sulfide) groups is 1. The van der Waals surface area contributed by atoms with Gasteiger partial charge in [-0.2, -0.15) is 0 Å². The molecule has 146 valence electrons. The number of nitrogens with zero attached hydrogens (tertiary/aromatic N) is 2. The van der Waals surface area contributed by atoms with Crippen molar-refractivity contribution >= 4 is 34.1 Å². The zero-order valence-corrected chi connectivity index (χ0v) is 17.2. The molecule has 0 radical (unpaired) electrons. The topological polar surface area (TPSA) is 66.9 Å². The molecular formula is C20H21FN4OS2. The largest absolute Gasteiger partial charge is 0.356 e. The molecule has 0 saturated carbocycles. The van der Waals surface area contributed by atoms with E-state index in [-0.39, 0.29) is 23.0 Å². The van der Waals surface area contributed by atoms with Crippen LogP contribution in [0.4, 0.5) is 9.52 Å². The molecule has 5 nitrogen and oxygen atoms in total. The molecule has 1 heterocycles. The van der Waals surface area contributed by atoms with E-state index in [9.17, 15) is 9.18 Å². The molecule has 1 amide bonds. The average Bonchev–Trinajstić information content (AvgIpc) is 3.15. The fourth-order valence-corrected chi connectivity index (χ4v) is 4.37. The van der Waals surface area contributed by atoms with Gasteiger partial charge in [0.2, 0.25) is 11.0 Å². The summed E-state index contributed by atoms with van der Waals surface area (Å²) in [6.45, 7) is 4.38. The smallest absolute Gasteiger partial charge is 0.233 e. The predicted octanol–water partition coefficient (Wildman–Crippen LogP) is 4.65. The number of rotatable bonds is 8. The van der Waals surface area contributed by atoms with Crippen molar-refractivity contribution < 1.29 is 9.18 Å². The van der Waals surface area contributed by atoms with Crippen molar-refractivity contribution in [3.05, 3.63) is 71.5 Å². The van der Waals surface area contributed by atoms with Crippen LogP contribution in [0.1, 0.15) is 31.0 Å². The molecule has 28 heavy (non-hydrogen) atoms. The first-order chi connectivity index (χ1) is 13.5. The lowest BCUT2D eigenvalue weighted by atomic mass is 10.1. The number of carbonyl (C=O) groups excluding carboxylic acids is 1.